The molecule has 0 saturated carbocycles. The molecule has 0 radical (unpaired) electrons. The van der Waals surface area contributed by atoms with Crippen LogP contribution in [-0.2, 0) is 20.1 Å². The van der Waals surface area contributed by atoms with Crippen molar-refractivity contribution in [1.29, 1.82) is 0 Å². The lowest BCUT2D eigenvalue weighted by Crippen LogP contribution is -2.13. The molecule has 21 heavy (non-hydrogen) atoms. The minimum absolute atomic E-state index is 0.745. The van der Waals surface area contributed by atoms with Crippen molar-refractivity contribution >= 4 is 0 Å². The van der Waals surface area contributed by atoms with E-state index in [1.165, 1.54) is 5.56 Å². The van der Waals surface area contributed by atoms with Crippen LogP contribution in [0.2, 0.25) is 0 Å². The standard InChI is InChI=1S/C15H18N6/c1-11-14(10-21(2)20-11)8-17-7-13-9-18-19-15(13)12-4-3-5-16-6-12/h3-6,9-10,17H,7-8H2,1-2H3,(H,18,19). The van der Waals surface area contributed by atoms with E-state index in [-0.39, 0.29) is 0 Å². The van der Waals surface area contributed by atoms with Crippen molar-refractivity contribution in [2.24, 2.45) is 7.05 Å². The minimum Gasteiger partial charge on any atom is -0.308 e. The Kier molecular flexibility index (Phi) is 3.79. The molecule has 0 aliphatic rings. The monoisotopic (exact) mass is 282 g/mol. The van der Waals surface area contributed by atoms with E-state index in [2.05, 4.69) is 25.6 Å². The molecule has 0 spiro atoms. The Balaban J connectivity index is 1.67. The van der Waals surface area contributed by atoms with E-state index in [0.717, 1.165) is 35.6 Å². The van der Waals surface area contributed by atoms with Crippen molar-refractivity contribution in [3.05, 3.63) is 53.7 Å². The lowest BCUT2D eigenvalue weighted by molar-refractivity contribution is 0.691. The Morgan fingerprint density at radius 2 is 2.10 bits per heavy atom. The smallest absolute Gasteiger partial charge is 0.0710 e. The molecule has 0 aliphatic heterocycles. The zero-order chi connectivity index (χ0) is 14.7. The molecule has 3 heterocycles. The van der Waals surface area contributed by atoms with Crippen molar-refractivity contribution in [1.82, 2.24) is 30.3 Å². The number of nitrogens with zero attached hydrogens (tertiary/aromatic N) is 4. The highest BCUT2D eigenvalue weighted by molar-refractivity contribution is 5.61. The van der Waals surface area contributed by atoms with E-state index in [4.69, 9.17) is 0 Å². The zero-order valence-electron chi connectivity index (χ0n) is 12.2. The van der Waals surface area contributed by atoms with Gasteiger partial charge >= 0.3 is 0 Å². The molecule has 2 N–H and O–H groups in total. The molecule has 3 rings (SSSR count). The average Bonchev–Trinajstić information content (AvgIpc) is 3.07. The van der Waals surface area contributed by atoms with E-state index in [1.807, 2.05) is 49.4 Å². The summed E-state index contributed by atoms with van der Waals surface area (Å²) >= 11 is 0. The van der Waals surface area contributed by atoms with Crippen LogP contribution in [0, 0.1) is 6.92 Å². The molecule has 0 atom stereocenters. The van der Waals surface area contributed by atoms with E-state index in [1.54, 1.807) is 6.20 Å². The Hall–Kier alpha value is -2.47. The van der Waals surface area contributed by atoms with E-state index < -0.39 is 0 Å². The van der Waals surface area contributed by atoms with Crippen molar-refractivity contribution in [3.63, 3.8) is 0 Å². The molecule has 6 nitrogen and oxygen atoms in total. The first-order chi connectivity index (χ1) is 10.2. The summed E-state index contributed by atoms with van der Waals surface area (Å²) in [7, 11) is 1.94. The van der Waals surface area contributed by atoms with Gasteiger partial charge in [0.25, 0.3) is 0 Å². The van der Waals surface area contributed by atoms with Crippen LogP contribution in [0.15, 0.2) is 36.9 Å². The second kappa shape index (κ2) is 5.88. The van der Waals surface area contributed by atoms with Crippen molar-refractivity contribution in [2.75, 3.05) is 0 Å². The number of nitrogens with one attached hydrogen (secondary N) is 2. The summed E-state index contributed by atoms with van der Waals surface area (Å²) in [6.07, 6.45) is 7.50. The number of pyridine rings is 1. The lowest BCUT2D eigenvalue weighted by Gasteiger charge is -2.05. The molecule has 0 bridgehead atoms. The van der Waals surface area contributed by atoms with E-state index in [0.29, 0.717) is 0 Å². The van der Waals surface area contributed by atoms with Gasteiger partial charge in [0.15, 0.2) is 0 Å². The predicted molar refractivity (Wildman–Crippen MR) is 80.3 cm³/mol. The van der Waals surface area contributed by atoms with Crippen molar-refractivity contribution in [3.8, 4) is 11.3 Å². The number of hydrogen-bond donors (Lipinski definition) is 2. The molecule has 0 aliphatic carbocycles. The largest absolute Gasteiger partial charge is 0.308 e. The second-order valence-corrected chi connectivity index (χ2v) is 5.03. The van der Waals surface area contributed by atoms with Crippen molar-refractivity contribution in [2.45, 2.75) is 20.0 Å². The van der Waals surface area contributed by atoms with Crippen LogP contribution >= 0.6 is 0 Å². The SMILES string of the molecule is Cc1nn(C)cc1CNCc1cn[nH]c1-c1cccnc1. The normalized spacial score (nSPS) is 11.0. The summed E-state index contributed by atoms with van der Waals surface area (Å²) in [4.78, 5) is 4.14. The fourth-order valence-electron chi connectivity index (χ4n) is 2.36. The van der Waals surface area contributed by atoms with Gasteiger partial charge in [-0.05, 0) is 19.1 Å². The molecule has 0 aromatic carbocycles. The van der Waals surface area contributed by atoms with Gasteiger partial charge in [0.1, 0.15) is 0 Å². The van der Waals surface area contributed by atoms with Gasteiger partial charge in [-0.2, -0.15) is 10.2 Å². The maximum absolute atomic E-state index is 4.34. The molecule has 6 heteroatoms. The first-order valence-electron chi connectivity index (χ1n) is 6.86. The molecular formula is C15H18N6. The van der Waals surface area contributed by atoms with Crippen molar-refractivity contribution < 1.29 is 0 Å². The third-order valence-corrected chi connectivity index (χ3v) is 3.41. The third-order valence-electron chi connectivity index (χ3n) is 3.41. The quantitative estimate of drug-likeness (QED) is 0.748. The van der Waals surface area contributed by atoms with Gasteiger partial charge < -0.3 is 5.32 Å². The molecule has 0 saturated heterocycles. The fraction of sp³-hybridized carbons (Fsp3) is 0.267. The van der Waals surface area contributed by atoms with Crippen LogP contribution < -0.4 is 5.32 Å². The summed E-state index contributed by atoms with van der Waals surface area (Å²) in [6.45, 7) is 3.56. The maximum Gasteiger partial charge on any atom is 0.0710 e. The van der Waals surface area contributed by atoms with Crippen LogP contribution in [0.5, 0.6) is 0 Å². The Morgan fingerprint density at radius 3 is 2.81 bits per heavy atom. The van der Waals surface area contributed by atoms with Crippen LogP contribution in [0.4, 0.5) is 0 Å². The molecule has 0 unspecified atom stereocenters. The molecule has 0 amide bonds. The number of hydrogen-bond acceptors (Lipinski definition) is 4. The van der Waals surface area contributed by atoms with E-state index >= 15 is 0 Å². The molecule has 3 aromatic heterocycles. The molecule has 0 fully saturated rings. The first kappa shape index (κ1) is 13.5. The van der Waals surface area contributed by atoms with Gasteiger partial charge in [0.05, 0.1) is 17.6 Å². The summed E-state index contributed by atoms with van der Waals surface area (Å²) in [6, 6.07) is 3.95. The maximum atomic E-state index is 4.34. The summed E-state index contributed by atoms with van der Waals surface area (Å²) < 4.78 is 1.84. The van der Waals surface area contributed by atoms with Gasteiger partial charge in [-0.1, -0.05) is 0 Å². The highest BCUT2D eigenvalue weighted by atomic mass is 15.2. The van der Waals surface area contributed by atoms with Gasteiger partial charge in [-0.25, -0.2) is 0 Å². The van der Waals surface area contributed by atoms with Crippen LogP contribution in [-0.4, -0.2) is 25.0 Å². The predicted octanol–water partition coefficient (Wildman–Crippen LogP) is 1.80. The number of rotatable bonds is 5. The number of aromatic nitrogens is 5. The minimum atomic E-state index is 0.745. The van der Waals surface area contributed by atoms with Gasteiger partial charge in [-0.15, -0.1) is 0 Å². The number of aryl methyl sites for hydroxylation is 2. The van der Waals surface area contributed by atoms with Gasteiger partial charge in [-0.3, -0.25) is 14.8 Å². The Labute approximate surface area is 123 Å². The summed E-state index contributed by atoms with van der Waals surface area (Å²) in [5.74, 6) is 0. The van der Waals surface area contributed by atoms with Crippen LogP contribution in [0.25, 0.3) is 11.3 Å². The highest BCUT2D eigenvalue weighted by Gasteiger charge is 2.08. The summed E-state index contributed by atoms with van der Waals surface area (Å²) in [5.41, 5.74) is 5.46. The summed E-state index contributed by atoms with van der Waals surface area (Å²) in [5, 5.41) is 15.0. The molecule has 3 aromatic rings. The van der Waals surface area contributed by atoms with Crippen LogP contribution in [0.1, 0.15) is 16.8 Å². The Bertz CT molecular complexity index is 713. The van der Waals surface area contributed by atoms with E-state index in [9.17, 15) is 0 Å². The zero-order valence-corrected chi connectivity index (χ0v) is 12.2. The lowest BCUT2D eigenvalue weighted by atomic mass is 10.1. The first-order valence-corrected chi connectivity index (χ1v) is 6.86. The molecule has 108 valence electrons. The van der Waals surface area contributed by atoms with Gasteiger partial charge in [0.2, 0.25) is 0 Å². The third kappa shape index (κ3) is 3.00. The van der Waals surface area contributed by atoms with Gasteiger partial charge in [0, 0.05) is 55.4 Å². The number of H-pyrrole nitrogens is 1. The Morgan fingerprint density at radius 1 is 1.24 bits per heavy atom. The average molecular weight is 282 g/mol. The highest BCUT2D eigenvalue weighted by Crippen LogP contribution is 2.19. The fourth-order valence-corrected chi connectivity index (χ4v) is 2.36. The van der Waals surface area contributed by atoms with Crippen LogP contribution in [0.3, 0.4) is 0 Å². The topological polar surface area (TPSA) is 71.4 Å². The second-order valence-electron chi connectivity index (χ2n) is 5.03. The molecular weight excluding hydrogens is 264 g/mol. The number of aromatic amines is 1.